The van der Waals surface area contributed by atoms with Crippen LogP contribution in [-0.2, 0) is 4.79 Å². The molecule has 4 rings (SSSR count). The number of ketones is 1. The van der Waals surface area contributed by atoms with E-state index in [2.05, 4.69) is 45.6 Å². The Labute approximate surface area is 219 Å². The molecule has 0 heterocycles. The summed E-state index contributed by atoms with van der Waals surface area (Å²) >= 11 is 0. The number of allylic oxidation sites excluding steroid dienone is 5. The molecule has 0 aromatic rings. The van der Waals surface area contributed by atoms with Crippen molar-refractivity contribution in [3.05, 3.63) is 47.6 Å². The summed E-state index contributed by atoms with van der Waals surface area (Å²) in [5, 5.41) is 21.1. The molecular formula is C33H50O3. The van der Waals surface area contributed by atoms with Gasteiger partial charge in [-0.25, -0.2) is 0 Å². The molecule has 4 saturated carbocycles. The zero-order valence-electron chi connectivity index (χ0n) is 23.1. The lowest BCUT2D eigenvalue weighted by Gasteiger charge is -2.44. The number of aliphatic hydroxyl groups excluding tert-OH is 2. The molecule has 3 heteroatoms. The number of hydrogen-bond donors (Lipinski definition) is 2. The van der Waals surface area contributed by atoms with Gasteiger partial charge in [0.1, 0.15) is 5.78 Å². The number of fused-ring (bicyclic) bond motifs is 1. The van der Waals surface area contributed by atoms with Crippen LogP contribution in [-0.4, -0.2) is 28.2 Å². The van der Waals surface area contributed by atoms with E-state index in [0.29, 0.717) is 24.2 Å². The second kappa shape index (κ2) is 11.5. The molecule has 2 N–H and O–H groups in total. The largest absolute Gasteiger partial charge is 0.393 e. The van der Waals surface area contributed by atoms with E-state index in [1.54, 1.807) is 5.57 Å². The van der Waals surface area contributed by atoms with Crippen LogP contribution in [0.3, 0.4) is 0 Å². The van der Waals surface area contributed by atoms with Crippen LogP contribution in [0, 0.1) is 28.6 Å². The Bertz CT molecular complexity index is 904. The normalized spacial score (nSPS) is 35.8. The third-order valence-corrected chi connectivity index (χ3v) is 10.4. The van der Waals surface area contributed by atoms with E-state index >= 15 is 0 Å². The van der Waals surface area contributed by atoms with Crippen molar-refractivity contribution in [1.29, 1.82) is 0 Å². The van der Waals surface area contributed by atoms with Gasteiger partial charge in [-0.15, -0.1) is 0 Å². The Kier molecular flexibility index (Phi) is 8.83. The zero-order valence-corrected chi connectivity index (χ0v) is 23.1. The standard InChI is InChI=1S/C33H50O3/c1-5-6-7-10-30(35)33(20-21-33)31(36)18-12-24(3)28-16-17-29-25(9-8-19-32(28,29)4)13-14-26-22-27(34)15-11-23(26)2/h12-14,18,24,27-29,31,34,36H,2,5-11,15-17,19-22H2,1,3-4H3/b18-12+,25-13+,26-14-/t24-,27+,28-,29+,31+,32-/m1/s1. The lowest BCUT2D eigenvalue weighted by molar-refractivity contribution is -0.127. The van der Waals surface area contributed by atoms with Gasteiger partial charge in [0.25, 0.3) is 0 Å². The Morgan fingerprint density at radius 1 is 1.11 bits per heavy atom. The summed E-state index contributed by atoms with van der Waals surface area (Å²) in [7, 11) is 0. The first-order valence-electron chi connectivity index (χ1n) is 14.9. The number of carbonyl (C=O) groups excluding carboxylic acids is 1. The predicted octanol–water partition coefficient (Wildman–Crippen LogP) is 7.64. The third-order valence-electron chi connectivity index (χ3n) is 10.4. The van der Waals surface area contributed by atoms with Crippen LogP contribution in [0.1, 0.15) is 111 Å². The smallest absolute Gasteiger partial charge is 0.141 e. The van der Waals surface area contributed by atoms with Gasteiger partial charge in [0.15, 0.2) is 0 Å². The highest BCUT2D eigenvalue weighted by atomic mass is 16.3. The summed E-state index contributed by atoms with van der Waals surface area (Å²) < 4.78 is 0. The summed E-state index contributed by atoms with van der Waals surface area (Å²) in [6, 6.07) is 0. The summed E-state index contributed by atoms with van der Waals surface area (Å²) in [6.07, 6.45) is 22.0. The fourth-order valence-corrected chi connectivity index (χ4v) is 7.80. The van der Waals surface area contributed by atoms with E-state index in [0.717, 1.165) is 51.4 Å². The molecule has 0 bridgehead atoms. The Balaban J connectivity index is 1.41. The van der Waals surface area contributed by atoms with Crippen molar-refractivity contribution in [2.75, 3.05) is 0 Å². The van der Waals surface area contributed by atoms with Gasteiger partial charge in [0, 0.05) is 6.42 Å². The van der Waals surface area contributed by atoms with Crippen LogP contribution >= 0.6 is 0 Å². The predicted molar refractivity (Wildman–Crippen MR) is 148 cm³/mol. The summed E-state index contributed by atoms with van der Waals surface area (Å²) in [6.45, 7) is 11.2. The lowest BCUT2D eigenvalue weighted by Crippen LogP contribution is -2.35. The second-order valence-electron chi connectivity index (χ2n) is 12.8. The van der Waals surface area contributed by atoms with E-state index in [1.165, 1.54) is 43.3 Å². The monoisotopic (exact) mass is 494 g/mol. The van der Waals surface area contributed by atoms with Gasteiger partial charge in [-0.2, -0.15) is 0 Å². The number of rotatable bonds is 10. The molecule has 36 heavy (non-hydrogen) atoms. The fraction of sp³-hybridized carbons (Fsp3) is 0.727. The molecular weight excluding hydrogens is 444 g/mol. The lowest BCUT2D eigenvalue weighted by atomic mass is 9.61. The van der Waals surface area contributed by atoms with Crippen LogP contribution in [0.15, 0.2) is 47.6 Å². The third kappa shape index (κ3) is 5.68. The van der Waals surface area contributed by atoms with Crippen molar-refractivity contribution in [1.82, 2.24) is 0 Å². The van der Waals surface area contributed by atoms with E-state index in [9.17, 15) is 15.0 Å². The van der Waals surface area contributed by atoms with Crippen LogP contribution in [0.4, 0.5) is 0 Å². The Hall–Kier alpha value is -1.45. The molecule has 0 spiro atoms. The van der Waals surface area contributed by atoms with Gasteiger partial charge < -0.3 is 10.2 Å². The average Bonchev–Trinajstić information content (AvgIpc) is 3.59. The highest BCUT2D eigenvalue weighted by Crippen LogP contribution is 2.59. The number of hydrogen-bond acceptors (Lipinski definition) is 3. The quantitative estimate of drug-likeness (QED) is 0.242. The zero-order chi connectivity index (χ0) is 25.9. The molecule has 3 nitrogen and oxygen atoms in total. The van der Waals surface area contributed by atoms with E-state index in [4.69, 9.17) is 0 Å². The van der Waals surface area contributed by atoms with Crippen molar-refractivity contribution in [2.45, 2.75) is 123 Å². The van der Waals surface area contributed by atoms with Crippen molar-refractivity contribution in [3.8, 4) is 0 Å². The highest BCUT2D eigenvalue weighted by Gasteiger charge is 2.54. The first-order valence-corrected chi connectivity index (χ1v) is 14.9. The Morgan fingerprint density at radius 2 is 1.89 bits per heavy atom. The number of carbonyl (C=O) groups is 1. The molecule has 0 aliphatic heterocycles. The van der Waals surface area contributed by atoms with E-state index in [-0.39, 0.29) is 17.3 Å². The van der Waals surface area contributed by atoms with Crippen molar-refractivity contribution in [2.24, 2.45) is 28.6 Å². The first-order chi connectivity index (χ1) is 17.2. The topological polar surface area (TPSA) is 57.5 Å². The molecule has 0 unspecified atom stereocenters. The average molecular weight is 495 g/mol. The van der Waals surface area contributed by atoms with Gasteiger partial charge in [-0.1, -0.05) is 75.6 Å². The minimum Gasteiger partial charge on any atom is -0.393 e. The van der Waals surface area contributed by atoms with Crippen LogP contribution in [0.5, 0.6) is 0 Å². The van der Waals surface area contributed by atoms with Crippen molar-refractivity contribution in [3.63, 3.8) is 0 Å². The molecule has 4 aliphatic carbocycles. The molecule has 0 aromatic heterocycles. The molecule has 0 aromatic carbocycles. The van der Waals surface area contributed by atoms with Gasteiger partial charge in [-0.05, 0) is 99.4 Å². The maximum Gasteiger partial charge on any atom is 0.141 e. The SMILES string of the molecule is C=C1CC[C@H](O)C/C1=C/C=C1\CCC[C@]2(C)[C@@H]([C@H](C)/C=C/[C@H](O)C3(C(=O)CCCCC)CC3)CC[C@@H]12. The Morgan fingerprint density at radius 3 is 2.61 bits per heavy atom. The minimum atomic E-state index is -0.633. The molecule has 0 amide bonds. The van der Waals surface area contributed by atoms with Crippen molar-refractivity contribution < 1.29 is 15.0 Å². The molecule has 6 atom stereocenters. The van der Waals surface area contributed by atoms with Gasteiger partial charge in [0.05, 0.1) is 17.6 Å². The van der Waals surface area contributed by atoms with Crippen LogP contribution in [0.2, 0.25) is 0 Å². The number of unbranched alkanes of at least 4 members (excludes halogenated alkanes) is 2. The molecule has 200 valence electrons. The number of Topliss-reactive ketones (excluding diaryl/α,β-unsaturated/α-hetero) is 1. The summed E-state index contributed by atoms with van der Waals surface area (Å²) in [4.78, 5) is 12.8. The first kappa shape index (κ1) is 27.6. The summed E-state index contributed by atoms with van der Waals surface area (Å²) in [5.74, 6) is 1.89. The van der Waals surface area contributed by atoms with Gasteiger partial charge in [-0.3, -0.25) is 4.79 Å². The summed E-state index contributed by atoms with van der Waals surface area (Å²) in [5.41, 5.74) is 3.80. The molecule has 0 saturated heterocycles. The minimum absolute atomic E-state index is 0.225. The maximum absolute atomic E-state index is 12.8. The maximum atomic E-state index is 12.8. The van der Waals surface area contributed by atoms with E-state index < -0.39 is 11.5 Å². The fourth-order valence-electron chi connectivity index (χ4n) is 7.80. The molecule has 0 radical (unpaired) electrons. The van der Waals surface area contributed by atoms with Crippen molar-refractivity contribution >= 4 is 5.78 Å². The second-order valence-corrected chi connectivity index (χ2v) is 12.8. The highest BCUT2D eigenvalue weighted by molar-refractivity contribution is 5.88. The van der Waals surface area contributed by atoms with Gasteiger partial charge >= 0.3 is 0 Å². The van der Waals surface area contributed by atoms with Crippen LogP contribution in [0.25, 0.3) is 0 Å². The van der Waals surface area contributed by atoms with Crippen LogP contribution < -0.4 is 0 Å². The number of aliphatic hydroxyl groups is 2. The molecule has 4 fully saturated rings. The van der Waals surface area contributed by atoms with Gasteiger partial charge in [0.2, 0.25) is 0 Å². The molecule has 4 aliphatic rings. The van der Waals surface area contributed by atoms with E-state index in [1.807, 2.05) is 6.08 Å².